The van der Waals surface area contributed by atoms with Crippen molar-refractivity contribution in [1.29, 1.82) is 0 Å². The number of rotatable bonds is 2. The van der Waals surface area contributed by atoms with Gasteiger partial charge in [0.1, 0.15) is 0 Å². The molecule has 0 saturated carbocycles. The lowest BCUT2D eigenvalue weighted by Gasteiger charge is -2.30. The fraction of sp³-hybridized carbons (Fsp3) is 0.900. The Bertz CT molecular complexity index is 231. The van der Waals surface area contributed by atoms with Crippen LogP contribution >= 0.6 is 11.8 Å². The molecule has 0 aliphatic carbocycles. The van der Waals surface area contributed by atoms with Crippen molar-refractivity contribution >= 4 is 17.7 Å². The second-order valence-electron chi connectivity index (χ2n) is 4.09. The predicted octanol–water partition coefficient (Wildman–Crippen LogP) is -0.325. The first-order valence-corrected chi connectivity index (χ1v) is 6.71. The highest BCUT2D eigenvalue weighted by Gasteiger charge is 2.33. The smallest absolute Gasteiger partial charge is 0.240 e. The lowest BCUT2D eigenvalue weighted by molar-refractivity contribution is -0.134. The van der Waals surface area contributed by atoms with Gasteiger partial charge in [-0.25, -0.2) is 0 Å². The summed E-state index contributed by atoms with van der Waals surface area (Å²) in [4.78, 5) is 14.0. The molecule has 2 aliphatic heterocycles. The Morgan fingerprint density at radius 3 is 3.13 bits per heavy atom. The Morgan fingerprint density at radius 2 is 2.47 bits per heavy atom. The second kappa shape index (κ2) is 5.18. The molecular formula is C10H18N2O2S. The molecule has 2 fully saturated rings. The third kappa shape index (κ3) is 2.46. The molecule has 2 N–H and O–H groups in total. The van der Waals surface area contributed by atoms with Gasteiger partial charge in [-0.2, -0.15) is 11.8 Å². The van der Waals surface area contributed by atoms with Gasteiger partial charge in [-0.05, 0) is 12.8 Å². The first kappa shape index (κ1) is 11.2. The van der Waals surface area contributed by atoms with Gasteiger partial charge in [0, 0.05) is 24.6 Å². The first-order valence-electron chi connectivity index (χ1n) is 5.55. The van der Waals surface area contributed by atoms with Crippen LogP contribution in [0.4, 0.5) is 0 Å². The molecule has 2 atom stereocenters. The number of thioether (sulfide) groups is 1. The fourth-order valence-electron chi connectivity index (χ4n) is 2.24. The standard InChI is InChI=1S/C10H18N2O2S/c13-6-8-2-1-4-12(8)10(14)9-7-15-5-3-11-9/h8-9,11,13H,1-7H2/t8-,9?/m1/s1. The number of hydrogen-bond acceptors (Lipinski definition) is 4. The molecule has 2 saturated heterocycles. The van der Waals surface area contributed by atoms with Crippen LogP contribution in [-0.2, 0) is 4.79 Å². The summed E-state index contributed by atoms with van der Waals surface area (Å²) >= 11 is 1.83. The van der Waals surface area contributed by atoms with Crippen LogP contribution in [-0.4, -0.2) is 59.2 Å². The van der Waals surface area contributed by atoms with Crippen molar-refractivity contribution in [2.75, 3.05) is 31.2 Å². The largest absolute Gasteiger partial charge is 0.394 e. The molecule has 0 aromatic rings. The summed E-state index contributed by atoms with van der Waals surface area (Å²) in [5, 5.41) is 12.4. The van der Waals surface area contributed by atoms with Gasteiger partial charge in [-0.3, -0.25) is 4.79 Å². The van der Waals surface area contributed by atoms with Gasteiger partial charge in [0.05, 0.1) is 18.7 Å². The van der Waals surface area contributed by atoms with Crippen molar-refractivity contribution in [3.8, 4) is 0 Å². The number of nitrogens with one attached hydrogen (secondary N) is 1. The monoisotopic (exact) mass is 230 g/mol. The number of carbonyl (C=O) groups is 1. The fourth-order valence-corrected chi connectivity index (χ4v) is 3.16. The molecule has 1 unspecified atom stereocenters. The summed E-state index contributed by atoms with van der Waals surface area (Å²) in [6, 6.07) is 0.0297. The average Bonchev–Trinajstić information content (AvgIpc) is 2.77. The van der Waals surface area contributed by atoms with E-state index < -0.39 is 0 Å². The van der Waals surface area contributed by atoms with Crippen molar-refractivity contribution < 1.29 is 9.90 Å². The lowest BCUT2D eigenvalue weighted by Crippen LogP contribution is -2.52. The molecule has 86 valence electrons. The SMILES string of the molecule is O=C(C1CSCCN1)N1CCC[C@@H]1CO. The zero-order chi connectivity index (χ0) is 10.7. The van der Waals surface area contributed by atoms with Crippen molar-refractivity contribution in [2.24, 2.45) is 0 Å². The molecule has 15 heavy (non-hydrogen) atoms. The van der Waals surface area contributed by atoms with E-state index in [1.165, 1.54) is 0 Å². The number of aliphatic hydroxyl groups is 1. The van der Waals surface area contributed by atoms with Crippen molar-refractivity contribution in [3.05, 3.63) is 0 Å². The number of likely N-dealkylation sites (tertiary alicyclic amines) is 1. The van der Waals surface area contributed by atoms with Gasteiger partial charge in [0.25, 0.3) is 0 Å². The Morgan fingerprint density at radius 1 is 1.60 bits per heavy atom. The highest BCUT2D eigenvalue weighted by atomic mass is 32.2. The summed E-state index contributed by atoms with van der Waals surface area (Å²) in [6.07, 6.45) is 1.97. The molecule has 5 heteroatoms. The number of amides is 1. The van der Waals surface area contributed by atoms with E-state index in [9.17, 15) is 4.79 Å². The molecule has 2 heterocycles. The number of aliphatic hydroxyl groups excluding tert-OH is 1. The summed E-state index contributed by atoms with van der Waals surface area (Å²) in [5.74, 6) is 2.14. The van der Waals surface area contributed by atoms with Crippen LogP contribution in [0.5, 0.6) is 0 Å². The number of hydrogen-bond donors (Lipinski definition) is 2. The maximum Gasteiger partial charge on any atom is 0.240 e. The van der Waals surface area contributed by atoms with E-state index in [4.69, 9.17) is 5.11 Å². The van der Waals surface area contributed by atoms with Crippen molar-refractivity contribution in [2.45, 2.75) is 24.9 Å². The minimum Gasteiger partial charge on any atom is -0.394 e. The van der Waals surface area contributed by atoms with Gasteiger partial charge < -0.3 is 15.3 Å². The normalized spacial score (nSPS) is 31.9. The van der Waals surface area contributed by atoms with Crippen LogP contribution in [0.25, 0.3) is 0 Å². The maximum absolute atomic E-state index is 12.1. The Kier molecular flexibility index (Phi) is 3.88. The second-order valence-corrected chi connectivity index (χ2v) is 5.24. The summed E-state index contributed by atoms with van der Waals surface area (Å²) < 4.78 is 0. The Hall–Kier alpha value is -0.260. The zero-order valence-corrected chi connectivity index (χ0v) is 9.63. The van der Waals surface area contributed by atoms with E-state index in [1.54, 1.807) is 0 Å². The predicted molar refractivity (Wildman–Crippen MR) is 60.9 cm³/mol. The Balaban J connectivity index is 1.93. The molecule has 1 amide bonds. The van der Waals surface area contributed by atoms with E-state index in [2.05, 4.69) is 5.32 Å². The molecule has 0 aromatic carbocycles. The average molecular weight is 230 g/mol. The van der Waals surface area contributed by atoms with Gasteiger partial charge in [-0.15, -0.1) is 0 Å². The molecule has 0 spiro atoms. The van der Waals surface area contributed by atoms with E-state index in [0.29, 0.717) is 0 Å². The maximum atomic E-state index is 12.1. The van der Waals surface area contributed by atoms with E-state index >= 15 is 0 Å². The van der Waals surface area contributed by atoms with Crippen LogP contribution < -0.4 is 5.32 Å². The van der Waals surface area contributed by atoms with Crippen molar-refractivity contribution in [1.82, 2.24) is 10.2 Å². The highest BCUT2D eigenvalue weighted by molar-refractivity contribution is 7.99. The van der Waals surface area contributed by atoms with E-state index in [0.717, 1.165) is 37.4 Å². The van der Waals surface area contributed by atoms with Crippen molar-refractivity contribution in [3.63, 3.8) is 0 Å². The number of carbonyl (C=O) groups excluding carboxylic acids is 1. The third-order valence-corrected chi connectivity index (χ3v) is 4.15. The minimum atomic E-state index is -0.0316. The molecular weight excluding hydrogens is 212 g/mol. The molecule has 0 aromatic heterocycles. The minimum absolute atomic E-state index is 0.0316. The quantitative estimate of drug-likeness (QED) is 0.682. The molecule has 0 bridgehead atoms. The molecule has 4 nitrogen and oxygen atoms in total. The molecule has 2 rings (SSSR count). The van der Waals surface area contributed by atoms with E-state index in [-0.39, 0.29) is 24.6 Å². The van der Waals surface area contributed by atoms with Gasteiger partial charge >= 0.3 is 0 Å². The summed E-state index contributed by atoms with van der Waals surface area (Å²) in [6.45, 7) is 1.83. The van der Waals surface area contributed by atoms with Gasteiger partial charge in [0.2, 0.25) is 5.91 Å². The Labute approximate surface area is 94.4 Å². The van der Waals surface area contributed by atoms with Crippen LogP contribution in [0.15, 0.2) is 0 Å². The topological polar surface area (TPSA) is 52.6 Å². The summed E-state index contributed by atoms with van der Waals surface area (Å²) in [7, 11) is 0. The van der Waals surface area contributed by atoms with Crippen LogP contribution in [0, 0.1) is 0 Å². The van der Waals surface area contributed by atoms with Gasteiger partial charge in [-0.1, -0.05) is 0 Å². The first-order chi connectivity index (χ1) is 7.33. The lowest BCUT2D eigenvalue weighted by atomic mass is 10.2. The van der Waals surface area contributed by atoms with Crippen LogP contribution in [0.2, 0.25) is 0 Å². The highest BCUT2D eigenvalue weighted by Crippen LogP contribution is 2.19. The van der Waals surface area contributed by atoms with Crippen LogP contribution in [0.3, 0.4) is 0 Å². The summed E-state index contributed by atoms with van der Waals surface area (Å²) in [5.41, 5.74) is 0. The number of nitrogens with zero attached hydrogens (tertiary/aromatic N) is 1. The molecule has 0 radical (unpaired) electrons. The molecule has 2 aliphatic rings. The third-order valence-electron chi connectivity index (χ3n) is 3.09. The van der Waals surface area contributed by atoms with Gasteiger partial charge in [0.15, 0.2) is 0 Å². The van der Waals surface area contributed by atoms with E-state index in [1.807, 2.05) is 16.7 Å². The van der Waals surface area contributed by atoms with Crippen LogP contribution in [0.1, 0.15) is 12.8 Å². The zero-order valence-electron chi connectivity index (χ0n) is 8.82.